The molecule has 0 aliphatic carbocycles. The van der Waals surface area contributed by atoms with Gasteiger partial charge in [0.1, 0.15) is 12.3 Å². The molecule has 35 heavy (non-hydrogen) atoms. The molecule has 0 radical (unpaired) electrons. The number of aliphatic hydroxyl groups excluding tert-OH is 1. The SMILES string of the molecule is CO[C@H]1[C@@H](OC)C[C@H](C)Cn2cc(nn2)COC(=O)/C(C)=C/CC[C@H](OC)[C@H](CO)OC(=O)[C@@H]1C. The predicted molar refractivity (Wildman–Crippen MR) is 125 cm³/mol. The van der Waals surface area contributed by atoms with Crippen molar-refractivity contribution in [3.05, 3.63) is 23.5 Å². The zero-order chi connectivity index (χ0) is 26.0. The number of aliphatic hydroxyl groups is 1. The molecular weight excluding hydrogens is 458 g/mol. The van der Waals surface area contributed by atoms with Crippen LogP contribution in [0.15, 0.2) is 17.8 Å². The van der Waals surface area contributed by atoms with Gasteiger partial charge in [0, 0.05) is 33.4 Å². The molecule has 1 aliphatic heterocycles. The first-order valence-electron chi connectivity index (χ1n) is 11.9. The molecule has 0 saturated heterocycles. The smallest absolute Gasteiger partial charge is 0.333 e. The second-order valence-electron chi connectivity index (χ2n) is 9.01. The third-order valence-corrected chi connectivity index (χ3v) is 6.27. The van der Waals surface area contributed by atoms with Gasteiger partial charge in [-0.05, 0) is 39.0 Å². The Morgan fingerprint density at radius 1 is 1.14 bits per heavy atom. The van der Waals surface area contributed by atoms with Gasteiger partial charge >= 0.3 is 11.9 Å². The van der Waals surface area contributed by atoms with E-state index in [4.69, 9.17) is 23.7 Å². The van der Waals surface area contributed by atoms with Gasteiger partial charge in [-0.1, -0.05) is 18.2 Å². The molecule has 0 saturated carbocycles. The van der Waals surface area contributed by atoms with Crippen LogP contribution in [-0.2, 0) is 46.4 Å². The van der Waals surface area contributed by atoms with Gasteiger partial charge in [0.2, 0.25) is 0 Å². The first kappa shape index (κ1) is 28.9. The molecule has 0 spiro atoms. The standard InChI is InChI=1S/C24H39N3O8/c1-15-10-20(32-5)22(33-6)17(3)24(30)35-21(13-28)19(31-4)9-7-8-16(2)23(29)34-14-18-12-27(11-15)26-25-18/h8,12,15,17,19-22,28H,7,9-11,13-14H2,1-6H3/b16-8+/t15-,17+,19-,20-,21-,22+/m0/s1. The molecule has 0 unspecified atom stereocenters. The van der Waals surface area contributed by atoms with Crippen LogP contribution in [0.3, 0.4) is 0 Å². The number of carbonyl (C=O) groups is 2. The van der Waals surface area contributed by atoms with Gasteiger partial charge in [0.05, 0.1) is 37.0 Å². The Labute approximate surface area is 206 Å². The summed E-state index contributed by atoms with van der Waals surface area (Å²) in [5.74, 6) is -1.51. The first-order chi connectivity index (χ1) is 16.7. The summed E-state index contributed by atoms with van der Waals surface area (Å²) in [6, 6.07) is 0. The average molecular weight is 498 g/mol. The fraction of sp³-hybridized carbons (Fsp3) is 0.750. The minimum Gasteiger partial charge on any atom is -0.457 e. The van der Waals surface area contributed by atoms with E-state index >= 15 is 0 Å². The molecule has 2 bridgehead atoms. The Hall–Kier alpha value is -2.34. The first-order valence-corrected chi connectivity index (χ1v) is 11.9. The van der Waals surface area contributed by atoms with Gasteiger partial charge < -0.3 is 28.8 Å². The van der Waals surface area contributed by atoms with Gasteiger partial charge in [0.25, 0.3) is 0 Å². The van der Waals surface area contributed by atoms with E-state index in [0.717, 1.165) is 0 Å². The molecule has 0 aromatic carbocycles. The number of ether oxygens (including phenoxy) is 5. The molecule has 11 heteroatoms. The molecule has 11 nitrogen and oxygen atoms in total. The van der Waals surface area contributed by atoms with Gasteiger partial charge in [-0.2, -0.15) is 0 Å². The quantitative estimate of drug-likeness (QED) is 0.613. The number of nitrogens with zero attached hydrogens (tertiary/aromatic N) is 3. The van der Waals surface area contributed by atoms with Crippen molar-refractivity contribution in [1.29, 1.82) is 0 Å². The summed E-state index contributed by atoms with van der Waals surface area (Å²) < 4.78 is 29.5. The molecule has 1 aromatic rings. The van der Waals surface area contributed by atoms with Gasteiger partial charge in [-0.25, -0.2) is 4.79 Å². The highest BCUT2D eigenvalue weighted by Crippen LogP contribution is 2.23. The van der Waals surface area contributed by atoms with Crippen molar-refractivity contribution in [1.82, 2.24) is 15.0 Å². The lowest BCUT2D eigenvalue weighted by molar-refractivity contribution is -0.173. The molecule has 1 N–H and O–H groups in total. The molecule has 198 valence electrons. The number of fused-ring (bicyclic) bond motifs is 2. The van der Waals surface area contributed by atoms with Crippen LogP contribution in [0.5, 0.6) is 0 Å². The van der Waals surface area contributed by atoms with Crippen molar-refractivity contribution in [2.45, 2.75) is 77.6 Å². The minimum absolute atomic E-state index is 0.0194. The van der Waals surface area contributed by atoms with Crippen molar-refractivity contribution < 1.29 is 38.4 Å². The molecule has 1 aromatic heterocycles. The highest BCUT2D eigenvalue weighted by molar-refractivity contribution is 5.87. The number of aromatic nitrogens is 3. The zero-order valence-electron chi connectivity index (χ0n) is 21.5. The molecule has 2 heterocycles. The number of methoxy groups -OCH3 is 3. The fourth-order valence-corrected chi connectivity index (χ4v) is 4.20. The number of allylic oxidation sites excluding steroid dienone is 1. The summed E-state index contributed by atoms with van der Waals surface area (Å²) in [5.41, 5.74) is 0.988. The van der Waals surface area contributed by atoms with Crippen LogP contribution in [0.1, 0.15) is 45.7 Å². The van der Waals surface area contributed by atoms with Crippen LogP contribution < -0.4 is 0 Å². The van der Waals surface area contributed by atoms with E-state index in [0.29, 0.717) is 37.1 Å². The van der Waals surface area contributed by atoms with Gasteiger partial charge in [-0.15, -0.1) is 5.10 Å². The number of esters is 2. The van der Waals surface area contributed by atoms with E-state index in [1.54, 1.807) is 37.9 Å². The Bertz CT molecular complexity index is 842. The van der Waals surface area contributed by atoms with Crippen molar-refractivity contribution >= 4 is 11.9 Å². The Balaban J connectivity index is 2.30. The third-order valence-electron chi connectivity index (χ3n) is 6.27. The maximum Gasteiger partial charge on any atom is 0.333 e. The van der Waals surface area contributed by atoms with Crippen molar-refractivity contribution in [2.75, 3.05) is 27.9 Å². The Morgan fingerprint density at radius 3 is 2.49 bits per heavy atom. The van der Waals surface area contributed by atoms with Gasteiger partial charge in [0.15, 0.2) is 6.10 Å². The van der Waals surface area contributed by atoms with E-state index in [1.165, 1.54) is 14.2 Å². The summed E-state index contributed by atoms with van der Waals surface area (Å²) in [7, 11) is 4.60. The van der Waals surface area contributed by atoms with Crippen molar-refractivity contribution in [2.24, 2.45) is 11.8 Å². The summed E-state index contributed by atoms with van der Waals surface area (Å²) >= 11 is 0. The summed E-state index contributed by atoms with van der Waals surface area (Å²) in [6.07, 6.45) is 2.59. The highest BCUT2D eigenvalue weighted by atomic mass is 16.6. The highest BCUT2D eigenvalue weighted by Gasteiger charge is 2.36. The predicted octanol–water partition coefficient (Wildman–Crippen LogP) is 1.67. The molecule has 0 fully saturated rings. The minimum atomic E-state index is -0.864. The maximum absolute atomic E-state index is 13.0. The van der Waals surface area contributed by atoms with E-state index in [1.807, 2.05) is 6.92 Å². The van der Waals surface area contributed by atoms with Crippen LogP contribution in [0, 0.1) is 11.8 Å². The van der Waals surface area contributed by atoms with Crippen LogP contribution in [0.4, 0.5) is 0 Å². The zero-order valence-corrected chi connectivity index (χ0v) is 21.5. The third kappa shape index (κ3) is 8.38. The Morgan fingerprint density at radius 2 is 1.86 bits per heavy atom. The second-order valence-corrected chi connectivity index (χ2v) is 9.01. The Kier molecular flexibility index (Phi) is 11.8. The number of hydrogen-bond donors (Lipinski definition) is 1. The van der Waals surface area contributed by atoms with E-state index < -0.39 is 42.8 Å². The largest absolute Gasteiger partial charge is 0.457 e. The number of carbonyl (C=O) groups excluding carboxylic acids is 2. The maximum atomic E-state index is 13.0. The van der Waals surface area contributed by atoms with Crippen LogP contribution in [0.25, 0.3) is 0 Å². The lowest BCUT2D eigenvalue weighted by Gasteiger charge is -2.32. The van der Waals surface area contributed by atoms with Crippen molar-refractivity contribution in [3.63, 3.8) is 0 Å². The van der Waals surface area contributed by atoms with E-state index in [2.05, 4.69) is 10.3 Å². The normalized spacial score (nSPS) is 31.7. The lowest BCUT2D eigenvalue weighted by atomic mass is 9.92. The molecular formula is C24H39N3O8. The monoisotopic (exact) mass is 497 g/mol. The molecule has 2 rings (SSSR count). The van der Waals surface area contributed by atoms with Gasteiger partial charge in [-0.3, -0.25) is 9.48 Å². The number of hydrogen-bond acceptors (Lipinski definition) is 10. The topological polar surface area (TPSA) is 131 Å². The molecule has 1 aliphatic rings. The molecule has 0 amide bonds. The second kappa shape index (κ2) is 14.3. The van der Waals surface area contributed by atoms with Crippen molar-refractivity contribution in [3.8, 4) is 0 Å². The van der Waals surface area contributed by atoms with Crippen LogP contribution >= 0.6 is 0 Å². The molecule has 6 atom stereocenters. The van der Waals surface area contributed by atoms with Crippen LogP contribution in [0.2, 0.25) is 0 Å². The van der Waals surface area contributed by atoms with E-state index in [9.17, 15) is 14.7 Å². The number of cyclic esters (lactones) is 2. The number of rotatable bonds is 4. The summed E-state index contributed by atoms with van der Waals surface area (Å²) in [5, 5.41) is 18.1. The summed E-state index contributed by atoms with van der Waals surface area (Å²) in [4.78, 5) is 25.3. The fourth-order valence-electron chi connectivity index (χ4n) is 4.20. The lowest BCUT2D eigenvalue weighted by Crippen LogP contribution is -2.44. The van der Waals surface area contributed by atoms with E-state index in [-0.39, 0.29) is 18.6 Å². The summed E-state index contributed by atoms with van der Waals surface area (Å²) in [6.45, 7) is 5.59. The average Bonchev–Trinajstić information content (AvgIpc) is 3.29. The van der Waals surface area contributed by atoms with Crippen LogP contribution in [-0.4, -0.2) is 84.4 Å².